The fourth-order valence-corrected chi connectivity index (χ4v) is 1.47. The standard InChI is InChI=1S/C17H12O/c1-18-17-14-8-7-13-16(17)12-6-5-11-15-9-3-2-4-10-15/h2-4,7-10,13-14H,1H3. The second-order valence-electron chi connectivity index (χ2n) is 3.57. The molecule has 0 aliphatic rings. The minimum atomic E-state index is 0.770. The minimum absolute atomic E-state index is 0.770. The van der Waals surface area contributed by atoms with E-state index in [4.69, 9.17) is 4.74 Å². The molecule has 2 aromatic rings. The van der Waals surface area contributed by atoms with Crippen molar-refractivity contribution in [2.24, 2.45) is 0 Å². The summed E-state index contributed by atoms with van der Waals surface area (Å²) in [4.78, 5) is 0. The van der Waals surface area contributed by atoms with Crippen LogP contribution in [0.1, 0.15) is 11.1 Å². The third-order valence-electron chi connectivity index (χ3n) is 2.35. The van der Waals surface area contributed by atoms with Gasteiger partial charge in [-0.2, -0.15) is 0 Å². The van der Waals surface area contributed by atoms with Gasteiger partial charge in [-0.1, -0.05) is 36.3 Å². The van der Waals surface area contributed by atoms with Gasteiger partial charge in [0.25, 0.3) is 0 Å². The van der Waals surface area contributed by atoms with Crippen molar-refractivity contribution in [3.8, 4) is 29.4 Å². The molecule has 0 spiro atoms. The van der Waals surface area contributed by atoms with Crippen LogP contribution in [0, 0.1) is 23.7 Å². The number of para-hydroxylation sites is 1. The highest BCUT2D eigenvalue weighted by Gasteiger charge is 1.95. The van der Waals surface area contributed by atoms with Gasteiger partial charge >= 0.3 is 0 Å². The fourth-order valence-electron chi connectivity index (χ4n) is 1.47. The summed E-state index contributed by atoms with van der Waals surface area (Å²) in [5.74, 6) is 12.4. The van der Waals surface area contributed by atoms with Crippen LogP contribution in [-0.2, 0) is 0 Å². The molecule has 0 atom stereocenters. The summed E-state index contributed by atoms with van der Waals surface area (Å²) in [7, 11) is 1.64. The van der Waals surface area contributed by atoms with E-state index in [1.165, 1.54) is 0 Å². The van der Waals surface area contributed by atoms with Crippen LogP contribution in [0.15, 0.2) is 54.6 Å². The predicted octanol–water partition coefficient (Wildman–Crippen LogP) is 3.10. The smallest absolute Gasteiger partial charge is 0.134 e. The number of hydrogen-bond acceptors (Lipinski definition) is 1. The highest BCUT2D eigenvalue weighted by Crippen LogP contribution is 2.15. The van der Waals surface area contributed by atoms with E-state index < -0.39 is 0 Å². The predicted molar refractivity (Wildman–Crippen MR) is 73.2 cm³/mol. The Labute approximate surface area is 107 Å². The van der Waals surface area contributed by atoms with Crippen LogP contribution in [0.2, 0.25) is 0 Å². The first-order chi connectivity index (χ1) is 8.90. The first kappa shape index (κ1) is 11.8. The van der Waals surface area contributed by atoms with Crippen molar-refractivity contribution in [3.05, 3.63) is 65.7 Å². The van der Waals surface area contributed by atoms with E-state index in [0.717, 1.165) is 16.9 Å². The second kappa shape index (κ2) is 6.18. The quantitative estimate of drug-likeness (QED) is 0.686. The summed E-state index contributed by atoms with van der Waals surface area (Å²) < 4.78 is 5.21. The molecule has 0 saturated heterocycles. The molecule has 0 aromatic heterocycles. The third-order valence-corrected chi connectivity index (χ3v) is 2.35. The SMILES string of the molecule is COc1ccccc1C#CC#Cc1ccccc1. The summed E-state index contributed by atoms with van der Waals surface area (Å²) in [6.45, 7) is 0. The molecule has 18 heavy (non-hydrogen) atoms. The first-order valence-electron chi connectivity index (χ1n) is 5.60. The molecule has 0 N–H and O–H groups in total. The Balaban J connectivity index is 2.17. The topological polar surface area (TPSA) is 9.23 Å². The van der Waals surface area contributed by atoms with Crippen LogP contribution in [0.3, 0.4) is 0 Å². The lowest BCUT2D eigenvalue weighted by molar-refractivity contribution is 0.413. The molecule has 0 radical (unpaired) electrons. The zero-order valence-corrected chi connectivity index (χ0v) is 10.1. The van der Waals surface area contributed by atoms with Crippen LogP contribution >= 0.6 is 0 Å². The molecule has 0 aliphatic heterocycles. The van der Waals surface area contributed by atoms with Crippen LogP contribution in [0.5, 0.6) is 5.75 Å². The summed E-state index contributed by atoms with van der Waals surface area (Å²) in [6, 6.07) is 17.4. The number of benzene rings is 2. The van der Waals surface area contributed by atoms with E-state index in [9.17, 15) is 0 Å². The molecule has 0 unspecified atom stereocenters. The van der Waals surface area contributed by atoms with Gasteiger partial charge in [-0.3, -0.25) is 0 Å². The fraction of sp³-hybridized carbons (Fsp3) is 0.0588. The normalized spacial score (nSPS) is 8.50. The third kappa shape index (κ3) is 3.17. The van der Waals surface area contributed by atoms with Gasteiger partial charge in [-0.15, -0.1) is 0 Å². The second-order valence-corrected chi connectivity index (χ2v) is 3.57. The first-order valence-corrected chi connectivity index (χ1v) is 5.60. The number of methoxy groups -OCH3 is 1. The lowest BCUT2D eigenvalue weighted by Gasteiger charge is -2.00. The average Bonchev–Trinajstić information content (AvgIpc) is 2.45. The molecule has 0 fully saturated rings. The maximum Gasteiger partial charge on any atom is 0.134 e. The van der Waals surface area contributed by atoms with Crippen molar-refractivity contribution < 1.29 is 4.74 Å². The monoisotopic (exact) mass is 232 g/mol. The van der Waals surface area contributed by atoms with E-state index in [1.807, 2.05) is 54.6 Å². The van der Waals surface area contributed by atoms with Crippen molar-refractivity contribution in [2.45, 2.75) is 0 Å². The molecule has 0 saturated carbocycles. The van der Waals surface area contributed by atoms with Crippen LogP contribution < -0.4 is 4.74 Å². The van der Waals surface area contributed by atoms with E-state index in [2.05, 4.69) is 23.7 Å². The van der Waals surface area contributed by atoms with Crippen molar-refractivity contribution in [1.29, 1.82) is 0 Å². The molecule has 86 valence electrons. The maximum atomic E-state index is 5.21. The summed E-state index contributed by atoms with van der Waals surface area (Å²) in [5.41, 5.74) is 1.81. The molecular formula is C17H12O. The largest absolute Gasteiger partial charge is 0.495 e. The molecule has 1 nitrogen and oxygen atoms in total. The van der Waals surface area contributed by atoms with Crippen molar-refractivity contribution >= 4 is 0 Å². The van der Waals surface area contributed by atoms with Gasteiger partial charge < -0.3 is 4.74 Å². The number of ether oxygens (including phenoxy) is 1. The van der Waals surface area contributed by atoms with Crippen LogP contribution in [0.25, 0.3) is 0 Å². The summed E-state index contributed by atoms with van der Waals surface area (Å²) >= 11 is 0. The highest BCUT2D eigenvalue weighted by molar-refractivity contribution is 5.49. The summed E-state index contributed by atoms with van der Waals surface area (Å²) in [6.07, 6.45) is 0. The van der Waals surface area contributed by atoms with E-state index in [-0.39, 0.29) is 0 Å². The average molecular weight is 232 g/mol. The van der Waals surface area contributed by atoms with E-state index >= 15 is 0 Å². The Hall–Kier alpha value is -2.64. The van der Waals surface area contributed by atoms with Gasteiger partial charge in [0.05, 0.1) is 12.7 Å². The van der Waals surface area contributed by atoms with Crippen molar-refractivity contribution in [2.75, 3.05) is 7.11 Å². The molecule has 0 heterocycles. The van der Waals surface area contributed by atoms with Gasteiger partial charge in [0, 0.05) is 5.56 Å². The lowest BCUT2D eigenvalue weighted by atomic mass is 10.2. The van der Waals surface area contributed by atoms with Gasteiger partial charge in [0.15, 0.2) is 0 Å². The number of rotatable bonds is 1. The Kier molecular flexibility index (Phi) is 4.07. The molecule has 0 bridgehead atoms. The zero-order valence-electron chi connectivity index (χ0n) is 10.1. The Bertz CT molecular complexity index is 634. The molecule has 0 aliphatic carbocycles. The lowest BCUT2D eigenvalue weighted by Crippen LogP contribution is -1.85. The Morgan fingerprint density at radius 2 is 1.44 bits per heavy atom. The minimum Gasteiger partial charge on any atom is -0.495 e. The van der Waals surface area contributed by atoms with Crippen LogP contribution in [-0.4, -0.2) is 7.11 Å². The van der Waals surface area contributed by atoms with E-state index in [1.54, 1.807) is 7.11 Å². The molecule has 1 heteroatoms. The molecule has 2 rings (SSSR count). The maximum absolute atomic E-state index is 5.21. The van der Waals surface area contributed by atoms with Gasteiger partial charge in [0.2, 0.25) is 0 Å². The molecular weight excluding hydrogens is 220 g/mol. The van der Waals surface area contributed by atoms with Crippen LogP contribution in [0.4, 0.5) is 0 Å². The van der Waals surface area contributed by atoms with E-state index in [0.29, 0.717) is 0 Å². The van der Waals surface area contributed by atoms with Gasteiger partial charge in [0.1, 0.15) is 5.75 Å². The number of hydrogen-bond donors (Lipinski definition) is 0. The Morgan fingerprint density at radius 1 is 0.778 bits per heavy atom. The van der Waals surface area contributed by atoms with Gasteiger partial charge in [-0.25, -0.2) is 0 Å². The highest BCUT2D eigenvalue weighted by atomic mass is 16.5. The zero-order chi connectivity index (χ0) is 12.6. The van der Waals surface area contributed by atoms with Gasteiger partial charge in [-0.05, 0) is 42.0 Å². The van der Waals surface area contributed by atoms with Crippen molar-refractivity contribution in [1.82, 2.24) is 0 Å². The Morgan fingerprint density at radius 3 is 2.22 bits per heavy atom. The molecule has 2 aromatic carbocycles. The van der Waals surface area contributed by atoms with Crippen molar-refractivity contribution in [3.63, 3.8) is 0 Å². The summed E-state index contributed by atoms with van der Waals surface area (Å²) in [5, 5.41) is 0. The molecule has 0 amide bonds.